The number of nitrogens with zero attached hydrogens (tertiary/aromatic N) is 2. The zero-order valence-corrected chi connectivity index (χ0v) is 21.3. The normalized spacial score (nSPS) is 17.5. The Morgan fingerprint density at radius 1 is 1.24 bits per heavy atom. The molecule has 37 heavy (non-hydrogen) atoms. The summed E-state index contributed by atoms with van der Waals surface area (Å²) >= 11 is 5.86. The maximum Gasteiger partial charge on any atom is 0.257 e. The van der Waals surface area contributed by atoms with E-state index in [0.29, 0.717) is 62.0 Å². The van der Waals surface area contributed by atoms with Crippen molar-refractivity contribution in [2.45, 2.75) is 31.7 Å². The molecule has 0 fully saturated rings. The lowest BCUT2D eigenvalue weighted by Crippen LogP contribution is -2.40. The van der Waals surface area contributed by atoms with Crippen molar-refractivity contribution in [3.05, 3.63) is 70.1 Å². The fourth-order valence-electron chi connectivity index (χ4n) is 4.77. The van der Waals surface area contributed by atoms with Crippen LogP contribution in [0.4, 0.5) is 0 Å². The van der Waals surface area contributed by atoms with Crippen LogP contribution in [-0.4, -0.2) is 55.3 Å². The summed E-state index contributed by atoms with van der Waals surface area (Å²) in [6, 6.07) is 12.9. The molecule has 10 heteroatoms. The summed E-state index contributed by atoms with van der Waals surface area (Å²) in [5.41, 5.74) is 2.91. The molecule has 6 bridgehead atoms. The van der Waals surface area contributed by atoms with Gasteiger partial charge in [0, 0.05) is 32.0 Å². The van der Waals surface area contributed by atoms with Gasteiger partial charge in [0.05, 0.1) is 19.8 Å². The smallest absolute Gasteiger partial charge is 0.257 e. The molecule has 1 atom stereocenters. The van der Waals surface area contributed by atoms with Crippen molar-refractivity contribution in [1.29, 1.82) is 0 Å². The van der Waals surface area contributed by atoms with Crippen LogP contribution in [0.15, 0.2) is 47.0 Å². The van der Waals surface area contributed by atoms with Crippen molar-refractivity contribution in [3.63, 3.8) is 0 Å². The molecule has 3 aliphatic rings. The van der Waals surface area contributed by atoms with E-state index < -0.39 is 0 Å². The van der Waals surface area contributed by atoms with Crippen molar-refractivity contribution in [2.75, 3.05) is 33.4 Å². The van der Waals surface area contributed by atoms with Gasteiger partial charge in [-0.05, 0) is 53.8 Å². The van der Waals surface area contributed by atoms with Crippen LogP contribution in [0.3, 0.4) is 0 Å². The van der Waals surface area contributed by atoms with Crippen LogP contribution in [0, 0.1) is 0 Å². The zero-order chi connectivity index (χ0) is 25.8. The molecule has 3 aliphatic heterocycles. The fraction of sp³-hybridized carbons (Fsp3) is 0.370. The maximum atomic E-state index is 13.5. The van der Waals surface area contributed by atoms with E-state index in [4.69, 9.17) is 30.3 Å². The van der Waals surface area contributed by atoms with Gasteiger partial charge in [-0.1, -0.05) is 28.9 Å². The number of aryl methyl sites for hydroxylation is 1. The van der Waals surface area contributed by atoms with E-state index in [1.807, 2.05) is 41.3 Å². The van der Waals surface area contributed by atoms with Crippen molar-refractivity contribution < 1.29 is 28.3 Å². The number of methoxy groups -OCH3 is 1. The van der Waals surface area contributed by atoms with Crippen LogP contribution >= 0.6 is 11.6 Å². The Kier molecular flexibility index (Phi) is 7.50. The van der Waals surface area contributed by atoms with E-state index in [2.05, 4.69) is 10.5 Å². The SMILES string of the molecule is COc1cc2c3cc1OCC(=O)NCCCOc1cccc(c1)C2N(C(=O)CCc1cc(Cl)no1)CC3. The summed E-state index contributed by atoms with van der Waals surface area (Å²) in [5, 5.41) is 6.80. The van der Waals surface area contributed by atoms with Crippen LogP contribution < -0.4 is 19.5 Å². The van der Waals surface area contributed by atoms with E-state index in [-0.39, 0.29) is 36.0 Å². The lowest BCUT2D eigenvalue weighted by Gasteiger charge is -2.38. The Balaban J connectivity index is 1.53. The lowest BCUT2D eigenvalue weighted by molar-refractivity contribution is -0.133. The van der Waals surface area contributed by atoms with Gasteiger partial charge in [-0.15, -0.1) is 0 Å². The molecule has 0 spiro atoms. The largest absolute Gasteiger partial charge is 0.494 e. The van der Waals surface area contributed by atoms with Gasteiger partial charge >= 0.3 is 0 Å². The fourth-order valence-corrected chi connectivity index (χ4v) is 4.92. The lowest BCUT2D eigenvalue weighted by atomic mass is 9.87. The molecule has 3 aromatic rings. The number of rotatable bonds is 4. The summed E-state index contributed by atoms with van der Waals surface area (Å²) < 4.78 is 22.6. The van der Waals surface area contributed by atoms with Crippen LogP contribution in [0.1, 0.15) is 41.3 Å². The van der Waals surface area contributed by atoms with Crippen molar-refractivity contribution in [3.8, 4) is 17.2 Å². The first-order valence-corrected chi connectivity index (χ1v) is 12.6. The van der Waals surface area contributed by atoms with Crippen LogP contribution in [0.2, 0.25) is 5.15 Å². The number of nitrogens with one attached hydrogen (secondary N) is 1. The third-order valence-corrected chi connectivity index (χ3v) is 6.71. The average molecular weight is 526 g/mol. The van der Waals surface area contributed by atoms with E-state index in [0.717, 1.165) is 16.7 Å². The highest BCUT2D eigenvalue weighted by molar-refractivity contribution is 6.29. The standard InChI is InChI=1S/C27H28ClN3O6/c1-34-22-15-21-17-8-10-31(26(33)7-6-20-14-24(28)30-37-20)27(21)18-4-2-5-19(12-18)35-11-3-9-29-25(32)16-36-23(22)13-17/h2,4-5,12-15,27H,3,6-11,16H2,1H3,(H,29,32). The number of ether oxygens (including phenoxy) is 3. The number of benzene rings is 2. The first-order chi connectivity index (χ1) is 18.0. The van der Waals surface area contributed by atoms with E-state index in [9.17, 15) is 9.59 Å². The molecule has 194 valence electrons. The summed E-state index contributed by atoms with van der Waals surface area (Å²) in [7, 11) is 1.56. The quantitative estimate of drug-likeness (QED) is 0.553. The van der Waals surface area contributed by atoms with Gasteiger partial charge in [-0.2, -0.15) is 0 Å². The van der Waals surface area contributed by atoms with Gasteiger partial charge in [0.1, 0.15) is 11.5 Å². The van der Waals surface area contributed by atoms with Crippen LogP contribution in [-0.2, 0) is 22.4 Å². The molecule has 0 aliphatic carbocycles. The number of hydrogen-bond donors (Lipinski definition) is 1. The molecular weight excluding hydrogens is 498 g/mol. The Hall–Kier alpha value is -3.72. The molecule has 2 aromatic carbocycles. The Morgan fingerprint density at radius 3 is 2.95 bits per heavy atom. The number of hydrogen-bond acceptors (Lipinski definition) is 7. The summed E-state index contributed by atoms with van der Waals surface area (Å²) in [5.74, 6) is 2.05. The summed E-state index contributed by atoms with van der Waals surface area (Å²) in [6.45, 7) is 1.33. The summed E-state index contributed by atoms with van der Waals surface area (Å²) in [4.78, 5) is 27.7. The van der Waals surface area contributed by atoms with E-state index in [1.165, 1.54) is 0 Å². The molecule has 2 amide bonds. The Morgan fingerprint density at radius 2 is 2.14 bits per heavy atom. The van der Waals surface area contributed by atoms with E-state index in [1.54, 1.807) is 13.2 Å². The van der Waals surface area contributed by atoms with Crippen molar-refractivity contribution in [2.24, 2.45) is 0 Å². The van der Waals surface area contributed by atoms with Gasteiger partial charge < -0.3 is 29.0 Å². The van der Waals surface area contributed by atoms with Gasteiger partial charge in [-0.3, -0.25) is 9.59 Å². The number of aromatic nitrogens is 1. The molecule has 1 aromatic heterocycles. The van der Waals surface area contributed by atoms with Crippen LogP contribution in [0.5, 0.6) is 17.2 Å². The molecule has 0 saturated heterocycles. The zero-order valence-electron chi connectivity index (χ0n) is 20.5. The van der Waals surface area contributed by atoms with Gasteiger partial charge in [0.15, 0.2) is 23.3 Å². The first kappa shape index (κ1) is 25.0. The van der Waals surface area contributed by atoms with Crippen LogP contribution in [0.25, 0.3) is 0 Å². The highest BCUT2D eigenvalue weighted by atomic mass is 35.5. The molecule has 9 nitrogen and oxygen atoms in total. The average Bonchev–Trinajstić information content (AvgIpc) is 3.33. The number of fused-ring (bicyclic) bond motifs is 8. The molecule has 1 unspecified atom stereocenters. The number of amides is 2. The van der Waals surface area contributed by atoms with Gasteiger partial charge in [0.2, 0.25) is 5.91 Å². The minimum atomic E-state index is -0.350. The topological polar surface area (TPSA) is 103 Å². The van der Waals surface area contributed by atoms with Gasteiger partial charge in [0.25, 0.3) is 5.91 Å². The van der Waals surface area contributed by atoms with Crippen molar-refractivity contribution in [1.82, 2.24) is 15.4 Å². The Labute approximate surface area is 219 Å². The highest BCUT2D eigenvalue weighted by Gasteiger charge is 2.33. The predicted molar refractivity (Wildman–Crippen MR) is 135 cm³/mol. The number of carbonyl (C=O) groups excluding carboxylic acids is 2. The molecule has 0 radical (unpaired) electrons. The van der Waals surface area contributed by atoms with E-state index >= 15 is 0 Å². The Bertz CT molecular complexity index is 1290. The third-order valence-electron chi connectivity index (χ3n) is 6.53. The molecule has 1 N–H and O–H groups in total. The number of carbonyl (C=O) groups is 2. The molecular formula is C27H28ClN3O6. The molecule has 6 rings (SSSR count). The summed E-state index contributed by atoms with van der Waals surface area (Å²) in [6.07, 6.45) is 1.93. The minimum absolute atomic E-state index is 0.0140. The molecule has 4 heterocycles. The predicted octanol–water partition coefficient (Wildman–Crippen LogP) is 3.72. The van der Waals surface area contributed by atoms with Gasteiger partial charge in [-0.25, -0.2) is 0 Å². The monoisotopic (exact) mass is 525 g/mol. The second kappa shape index (κ2) is 11.1. The minimum Gasteiger partial charge on any atom is -0.494 e. The molecule has 0 saturated carbocycles. The maximum absolute atomic E-state index is 13.5. The first-order valence-electron chi connectivity index (χ1n) is 12.3. The van der Waals surface area contributed by atoms with Crippen molar-refractivity contribution >= 4 is 23.4 Å². The highest BCUT2D eigenvalue weighted by Crippen LogP contribution is 2.42. The second-order valence-electron chi connectivity index (χ2n) is 8.97. The number of halogens is 1. The third kappa shape index (κ3) is 5.67. The second-order valence-corrected chi connectivity index (χ2v) is 9.36.